The molecular weight excluding hydrogens is 396 g/mol. The molecule has 144 valence electrons. The minimum Gasteiger partial charge on any atom is -0.302 e. The van der Waals surface area contributed by atoms with Gasteiger partial charge in [0.15, 0.2) is 5.13 Å². The molecule has 1 aliphatic rings. The van der Waals surface area contributed by atoms with E-state index in [0.29, 0.717) is 32.7 Å². The number of aromatic nitrogens is 3. The first-order valence-electron chi connectivity index (χ1n) is 8.89. The maximum absolute atomic E-state index is 14.8. The summed E-state index contributed by atoms with van der Waals surface area (Å²) in [4.78, 5) is 16.3. The summed E-state index contributed by atoms with van der Waals surface area (Å²) in [6.45, 7) is 1.63. The number of rotatable bonds is 3. The second-order valence-electron chi connectivity index (χ2n) is 7.01. The number of benzene rings is 2. The van der Waals surface area contributed by atoms with Crippen molar-refractivity contribution < 1.29 is 13.6 Å². The molecule has 1 aliphatic carbocycles. The molecule has 1 saturated carbocycles. The summed E-state index contributed by atoms with van der Waals surface area (Å²) in [6.07, 6.45) is 0.761. The van der Waals surface area contributed by atoms with Crippen molar-refractivity contribution in [2.75, 3.05) is 5.32 Å². The summed E-state index contributed by atoms with van der Waals surface area (Å²) in [7, 11) is 0. The van der Waals surface area contributed by atoms with Gasteiger partial charge >= 0.3 is 0 Å². The van der Waals surface area contributed by atoms with Crippen molar-refractivity contribution in [1.29, 1.82) is 5.26 Å². The van der Waals surface area contributed by atoms with Crippen LogP contribution in [0.4, 0.5) is 13.9 Å². The molecule has 2 heterocycles. The highest BCUT2D eigenvalue weighted by Gasteiger charge is 2.43. The first kappa shape index (κ1) is 17.7. The monoisotopic (exact) mass is 409 g/mol. The zero-order chi connectivity index (χ0) is 20.3. The van der Waals surface area contributed by atoms with Crippen LogP contribution in [0.15, 0.2) is 24.4 Å². The number of hydrogen-bond donors (Lipinski definition) is 2. The van der Waals surface area contributed by atoms with Gasteiger partial charge in [0, 0.05) is 5.39 Å². The van der Waals surface area contributed by atoms with Crippen molar-refractivity contribution in [2.45, 2.75) is 19.5 Å². The zero-order valence-corrected chi connectivity index (χ0v) is 15.9. The highest BCUT2D eigenvalue weighted by molar-refractivity contribution is 7.22. The smallest absolute Gasteiger partial charge is 0.232 e. The molecular formula is C20H13F2N5OS. The minimum atomic E-state index is -1.07. The van der Waals surface area contributed by atoms with E-state index in [2.05, 4.69) is 20.5 Å². The number of nitrogens with one attached hydrogen (secondary N) is 2. The number of alkyl halides is 1. The van der Waals surface area contributed by atoms with Crippen LogP contribution in [0.25, 0.3) is 32.2 Å². The third-order valence-corrected chi connectivity index (χ3v) is 6.08. The molecule has 0 unspecified atom stereocenters. The van der Waals surface area contributed by atoms with Crippen LogP contribution in [0.5, 0.6) is 0 Å². The van der Waals surface area contributed by atoms with Crippen molar-refractivity contribution in [3.63, 3.8) is 0 Å². The lowest BCUT2D eigenvalue weighted by Gasteiger charge is -2.10. The van der Waals surface area contributed by atoms with Gasteiger partial charge in [-0.25, -0.2) is 13.8 Å². The van der Waals surface area contributed by atoms with Gasteiger partial charge in [-0.3, -0.25) is 9.89 Å². The number of carbonyl (C=O) groups excluding carboxylic acids is 1. The molecule has 0 spiro atoms. The van der Waals surface area contributed by atoms with E-state index in [1.54, 1.807) is 19.2 Å². The Kier molecular flexibility index (Phi) is 3.86. The number of anilines is 1. The molecule has 2 N–H and O–H groups in total. The van der Waals surface area contributed by atoms with Crippen molar-refractivity contribution >= 4 is 43.5 Å². The number of amides is 1. The van der Waals surface area contributed by atoms with Crippen molar-refractivity contribution in [3.05, 3.63) is 41.3 Å². The summed E-state index contributed by atoms with van der Waals surface area (Å²) >= 11 is 1.27. The van der Waals surface area contributed by atoms with E-state index >= 15 is 0 Å². The topological polar surface area (TPSA) is 94.5 Å². The Morgan fingerprint density at radius 2 is 2.24 bits per heavy atom. The number of nitrogens with zero attached hydrogens (tertiary/aromatic N) is 3. The van der Waals surface area contributed by atoms with Gasteiger partial charge in [0.25, 0.3) is 0 Å². The average Bonchev–Trinajstić information content (AvgIpc) is 3.08. The summed E-state index contributed by atoms with van der Waals surface area (Å²) < 4.78 is 28.6. The van der Waals surface area contributed by atoms with E-state index in [1.807, 2.05) is 18.2 Å². The third kappa shape index (κ3) is 2.76. The molecule has 6 nitrogen and oxygen atoms in total. The van der Waals surface area contributed by atoms with E-state index in [-0.39, 0.29) is 17.9 Å². The molecule has 0 radical (unpaired) electrons. The van der Waals surface area contributed by atoms with Gasteiger partial charge < -0.3 is 5.32 Å². The number of hydrogen-bond acceptors (Lipinski definition) is 5. The van der Waals surface area contributed by atoms with Gasteiger partial charge in [-0.2, -0.15) is 10.4 Å². The maximum Gasteiger partial charge on any atom is 0.232 e. The number of halogens is 2. The summed E-state index contributed by atoms with van der Waals surface area (Å²) in [6, 6.07) is 7.35. The Labute approximate surface area is 167 Å². The van der Waals surface area contributed by atoms with Gasteiger partial charge in [0.1, 0.15) is 23.6 Å². The largest absolute Gasteiger partial charge is 0.302 e. The van der Waals surface area contributed by atoms with Crippen LogP contribution < -0.4 is 5.32 Å². The lowest BCUT2D eigenvalue weighted by molar-refractivity contribution is -0.117. The van der Waals surface area contributed by atoms with E-state index < -0.39 is 17.9 Å². The molecule has 0 aliphatic heterocycles. The Hall–Kier alpha value is -3.38. The van der Waals surface area contributed by atoms with Gasteiger partial charge in [-0.15, -0.1) is 0 Å². The molecule has 29 heavy (non-hydrogen) atoms. The fraction of sp³-hybridized carbons (Fsp3) is 0.200. The van der Waals surface area contributed by atoms with Gasteiger partial charge in [-0.1, -0.05) is 17.4 Å². The molecule has 9 heteroatoms. The lowest BCUT2D eigenvalue weighted by Crippen LogP contribution is -2.14. The number of carbonyl (C=O) groups is 1. The quantitative estimate of drug-likeness (QED) is 0.522. The number of fused-ring (bicyclic) bond motifs is 2. The molecule has 4 aromatic rings. The normalized spacial score (nSPS) is 18.1. The first-order chi connectivity index (χ1) is 14.0. The Morgan fingerprint density at radius 1 is 1.45 bits per heavy atom. The first-order valence-corrected chi connectivity index (χ1v) is 9.70. The molecule has 0 saturated heterocycles. The number of aromatic amines is 1. The van der Waals surface area contributed by atoms with Gasteiger partial charge in [0.05, 0.1) is 27.8 Å². The van der Waals surface area contributed by atoms with Crippen molar-refractivity contribution in [1.82, 2.24) is 15.2 Å². The van der Waals surface area contributed by atoms with Gasteiger partial charge in [-0.05, 0) is 42.2 Å². The highest BCUT2D eigenvalue weighted by atomic mass is 32.1. The summed E-state index contributed by atoms with van der Waals surface area (Å²) in [5, 5.41) is 19.7. The predicted molar refractivity (Wildman–Crippen MR) is 106 cm³/mol. The molecule has 1 amide bonds. The number of nitriles is 1. The molecule has 2 aromatic carbocycles. The van der Waals surface area contributed by atoms with E-state index in [0.717, 1.165) is 10.3 Å². The number of H-pyrrole nitrogens is 1. The van der Waals surface area contributed by atoms with Crippen LogP contribution >= 0.6 is 11.3 Å². The van der Waals surface area contributed by atoms with E-state index in [9.17, 15) is 18.8 Å². The van der Waals surface area contributed by atoms with Crippen LogP contribution in [-0.2, 0) is 4.79 Å². The molecule has 2 aromatic heterocycles. The Bertz CT molecular complexity index is 1350. The van der Waals surface area contributed by atoms with Crippen molar-refractivity contribution in [2.24, 2.45) is 5.92 Å². The fourth-order valence-corrected chi connectivity index (χ4v) is 4.43. The minimum absolute atomic E-state index is 0.0612. The van der Waals surface area contributed by atoms with E-state index in [1.165, 1.54) is 11.3 Å². The summed E-state index contributed by atoms with van der Waals surface area (Å²) in [5.41, 5.74) is 2.72. The average molecular weight is 409 g/mol. The fourth-order valence-electron chi connectivity index (χ4n) is 3.52. The highest BCUT2D eigenvalue weighted by Crippen LogP contribution is 2.39. The summed E-state index contributed by atoms with van der Waals surface area (Å²) in [5.74, 6) is -1.53. The molecule has 5 rings (SSSR count). The predicted octanol–water partition coefficient (Wildman–Crippen LogP) is 4.46. The zero-order valence-electron chi connectivity index (χ0n) is 15.1. The maximum atomic E-state index is 14.8. The second kappa shape index (κ2) is 6.32. The van der Waals surface area contributed by atoms with Gasteiger partial charge in [0.2, 0.25) is 5.91 Å². The van der Waals surface area contributed by atoms with Crippen molar-refractivity contribution in [3.8, 4) is 17.2 Å². The number of thiazole rings is 1. The SMILES string of the molecule is Cc1c(F)c(C#N)c2[nH]ncc2c1-c1ccc2nc(NC(=O)[C@@H]3C[C@@H]3F)sc2c1. The van der Waals surface area contributed by atoms with E-state index in [4.69, 9.17) is 0 Å². The van der Waals surface area contributed by atoms with Crippen LogP contribution in [0.1, 0.15) is 17.5 Å². The lowest BCUT2D eigenvalue weighted by atomic mass is 9.94. The standard InChI is InChI=1S/C20H13F2N5OS/c1-8-16(12-7-24-27-18(12)11(6-23)17(8)22)9-2-3-14-15(4-9)29-20(25-14)26-19(28)10-5-13(10)21/h2-4,7,10,13H,5H2,1H3,(H,24,27)(H,25,26,28)/t10-,13+/m1/s1. The molecule has 0 bridgehead atoms. The van der Waals surface area contributed by atoms with Crippen LogP contribution in [0.2, 0.25) is 0 Å². The van der Waals surface area contributed by atoms with Crippen LogP contribution in [0, 0.1) is 30.0 Å². The second-order valence-corrected chi connectivity index (χ2v) is 8.04. The Morgan fingerprint density at radius 3 is 2.97 bits per heavy atom. The molecule has 2 atom stereocenters. The van der Waals surface area contributed by atoms with Crippen LogP contribution in [0.3, 0.4) is 0 Å². The molecule has 1 fully saturated rings. The Balaban J connectivity index is 1.59. The third-order valence-electron chi connectivity index (χ3n) is 5.15. The van der Waals surface area contributed by atoms with Crippen LogP contribution in [-0.4, -0.2) is 27.3 Å².